The molecule has 3 nitrogen and oxygen atoms in total. The van der Waals surface area contributed by atoms with E-state index < -0.39 is 5.60 Å². The Labute approximate surface area is 92.2 Å². The molecule has 1 aromatic rings. The van der Waals surface area contributed by atoms with Crippen molar-refractivity contribution in [2.45, 2.75) is 18.4 Å². The van der Waals surface area contributed by atoms with Gasteiger partial charge < -0.3 is 9.47 Å². The minimum absolute atomic E-state index is 0.00625. The van der Waals surface area contributed by atoms with E-state index in [9.17, 15) is 9.18 Å². The summed E-state index contributed by atoms with van der Waals surface area (Å²) in [6.07, 6.45) is 1.01. The van der Waals surface area contributed by atoms with Crippen LogP contribution in [0.4, 0.5) is 4.39 Å². The molecule has 4 heteroatoms. The van der Waals surface area contributed by atoms with Gasteiger partial charge in [0, 0.05) is 12.5 Å². The van der Waals surface area contributed by atoms with Crippen LogP contribution in [0.1, 0.15) is 23.2 Å². The monoisotopic (exact) mass is 222 g/mol. The largest absolute Gasteiger partial charge is 0.483 e. The number of carbonyl (C=O) groups is 1. The summed E-state index contributed by atoms with van der Waals surface area (Å²) in [5.41, 5.74) is -0.0864. The third-order valence-corrected chi connectivity index (χ3v) is 3.12. The van der Waals surface area contributed by atoms with Crippen LogP contribution < -0.4 is 4.74 Å². The number of hydrogen-bond donors (Lipinski definition) is 0. The van der Waals surface area contributed by atoms with E-state index in [1.165, 1.54) is 18.2 Å². The second-order valence-corrected chi connectivity index (χ2v) is 4.33. The molecule has 1 atom stereocenters. The smallest absolute Gasteiger partial charge is 0.170 e. The Morgan fingerprint density at radius 2 is 2.25 bits per heavy atom. The summed E-state index contributed by atoms with van der Waals surface area (Å²) in [6, 6.07) is 4.03. The quantitative estimate of drug-likeness (QED) is 0.673. The zero-order valence-corrected chi connectivity index (χ0v) is 8.66. The number of rotatable bonds is 0. The van der Waals surface area contributed by atoms with Crippen LogP contribution in [0.25, 0.3) is 0 Å². The van der Waals surface area contributed by atoms with Crippen LogP contribution in [0.2, 0.25) is 0 Å². The first-order chi connectivity index (χ1) is 7.69. The molecule has 0 bridgehead atoms. The molecule has 2 aliphatic heterocycles. The van der Waals surface area contributed by atoms with Gasteiger partial charge in [-0.15, -0.1) is 0 Å². The van der Waals surface area contributed by atoms with Crippen LogP contribution in [-0.2, 0) is 4.74 Å². The van der Waals surface area contributed by atoms with Gasteiger partial charge in [0.15, 0.2) is 5.78 Å². The molecule has 0 aliphatic carbocycles. The standard InChI is InChI=1S/C12H11FO3/c13-8-1-2-9-10(14)6-12(3-4-15-7-12)16-11(9)5-8/h1-2,5H,3-4,6-7H2/t12-/m0/s1. The SMILES string of the molecule is O=C1C[C@]2(CCOC2)Oc2cc(F)ccc21. The summed E-state index contributed by atoms with van der Waals surface area (Å²) in [7, 11) is 0. The molecular weight excluding hydrogens is 211 g/mol. The predicted molar refractivity (Wildman–Crippen MR) is 54.1 cm³/mol. The highest BCUT2D eigenvalue weighted by atomic mass is 19.1. The molecule has 2 heterocycles. The van der Waals surface area contributed by atoms with Gasteiger partial charge in [-0.3, -0.25) is 4.79 Å². The van der Waals surface area contributed by atoms with E-state index in [0.717, 1.165) is 0 Å². The third kappa shape index (κ3) is 1.41. The molecule has 2 aliphatic rings. The van der Waals surface area contributed by atoms with Gasteiger partial charge in [-0.2, -0.15) is 0 Å². The van der Waals surface area contributed by atoms with Crippen LogP contribution >= 0.6 is 0 Å². The van der Waals surface area contributed by atoms with Gasteiger partial charge in [-0.05, 0) is 12.1 Å². The van der Waals surface area contributed by atoms with Crippen molar-refractivity contribution in [2.24, 2.45) is 0 Å². The van der Waals surface area contributed by atoms with E-state index in [4.69, 9.17) is 9.47 Å². The minimum Gasteiger partial charge on any atom is -0.483 e. The lowest BCUT2D eigenvalue weighted by molar-refractivity contribution is 0.0303. The van der Waals surface area contributed by atoms with Gasteiger partial charge in [0.25, 0.3) is 0 Å². The van der Waals surface area contributed by atoms with Gasteiger partial charge in [0.2, 0.25) is 0 Å². The molecule has 0 aromatic heterocycles. The summed E-state index contributed by atoms with van der Waals surface area (Å²) in [5.74, 6) is -0.0315. The normalized spacial score (nSPS) is 27.9. The summed E-state index contributed by atoms with van der Waals surface area (Å²) in [5, 5.41) is 0. The Bertz CT molecular complexity index is 450. The second-order valence-electron chi connectivity index (χ2n) is 4.33. The number of ketones is 1. The number of ether oxygens (including phenoxy) is 2. The maximum absolute atomic E-state index is 13.1. The molecule has 0 radical (unpaired) electrons. The number of hydrogen-bond acceptors (Lipinski definition) is 3. The Balaban J connectivity index is 2.03. The molecule has 0 N–H and O–H groups in total. The lowest BCUT2D eigenvalue weighted by Gasteiger charge is -2.33. The highest BCUT2D eigenvalue weighted by molar-refractivity contribution is 6.00. The predicted octanol–water partition coefficient (Wildman–Crippen LogP) is 1.95. The van der Waals surface area contributed by atoms with Crippen LogP contribution in [0.5, 0.6) is 5.75 Å². The van der Waals surface area contributed by atoms with E-state index in [-0.39, 0.29) is 11.6 Å². The number of halogens is 1. The first-order valence-electron chi connectivity index (χ1n) is 5.28. The molecular formula is C12H11FO3. The Morgan fingerprint density at radius 1 is 1.38 bits per heavy atom. The van der Waals surface area contributed by atoms with Crippen molar-refractivity contribution < 1.29 is 18.7 Å². The number of Topliss-reactive ketones (excluding diaryl/α,β-unsaturated/α-hetero) is 1. The Kier molecular flexibility index (Phi) is 2.01. The van der Waals surface area contributed by atoms with Crippen LogP contribution in [0, 0.1) is 5.82 Å². The molecule has 0 saturated carbocycles. The lowest BCUT2D eigenvalue weighted by atomic mass is 9.89. The van der Waals surface area contributed by atoms with Crippen molar-refractivity contribution in [3.05, 3.63) is 29.6 Å². The van der Waals surface area contributed by atoms with Crippen molar-refractivity contribution in [1.29, 1.82) is 0 Å². The molecule has 1 fully saturated rings. The van der Waals surface area contributed by atoms with Gasteiger partial charge in [-0.1, -0.05) is 0 Å². The van der Waals surface area contributed by atoms with E-state index >= 15 is 0 Å². The highest BCUT2D eigenvalue weighted by Gasteiger charge is 2.43. The minimum atomic E-state index is -0.558. The zero-order chi connectivity index (χ0) is 11.2. The summed E-state index contributed by atoms with van der Waals surface area (Å²) >= 11 is 0. The van der Waals surface area contributed by atoms with Crippen molar-refractivity contribution in [3.8, 4) is 5.75 Å². The van der Waals surface area contributed by atoms with Crippen molar-refractivity contribution in [3.63, 3.8) is 0 Å². The summed E-state index contributed by atoms with van der Waals surface area (Å²) < 4.78 is 24.1. The fraction of sp³-hybridized carbons (Fsp3) is 0.417. The lowest BCUT2D eigenvalue weighted by Crippen LogP contribution is -2.42. The average Bonchev–Trinajstić information content (AvgIpc) is 2.65. The molecule has 1 spiro atoms. The molecule has 3 rings (SSSR count). The highest BCUT2D eigenvalue weighted by Crippen LogP contribution is 2.38. The van der Waals surface area contributed by atoms with Crippen molar-refractivity contribution in [1.82, 2.24) is 0 Å². The molecule has 84 valence electrons. The third-order valence-electron chi connectivity index (χ3n) is 3.12. The van der Waals surface area contributed by atoms with E-state index in [1.807, 2.05) is 0 Å². The maximum Gasteiger partial charge on any atom is 0.170 e. The fourth-order valence-electron chi connectivity index (χ4n) is 2.28. The zero-order valence-electron chi connectivity index (χ0n) is 8.66. The molecule has 0 unspecified atom stereocenters. The number of carbonyl (C=O) groups excluding carboxylic acids is 1. The molecule has 16 heavy (non-hydrogen) atoms. The second kappa shape index (κ2) is 3.28. The van der Waals surface area contributed by atoms with Gasteiger partial charge in [-0.25, -0.2) is 4.39 Å². The Morgan fingerprint density at radius 3 is 3.00 bits per heavy atom. The van der Waals surface area contributed by atoms with E-state index in [2.05, 4.69) is 0 Å². The molecule has 1 aromatic carbocycles. The molecule has 1 saturated heterocycles. The number of fused-ring (bicyclic) bond motifs is 1. The fourth-order valence-corrected chi connectivity index (χ4v) is 2.28. The average molecular weight is 222 g/mol. The van der Waals surface area contributed by atoms with E-state index in [0.29, 0.717) is 37.4 Å². The maximum atomic E-state index is 13.1. The summed E-state index contributed by atoms with van der Waals surface area (Å²) in [4.78, 5) is 11.9. The Hall–Kier alpha value is -1.42. The first-order valence-corrected chi connectivity index (χ1v) is 5.28. The van der Waals surface area contributed by atoms with Gasteiger partial charge in [0.1, 0.15) is 17.2 Å². The van der Waals surface area contributed by atoms with E-state index in [1.54, 1.807) is 0 Å². The van der Waals surface area contributed by atoms with Crippen LogP contribution in [0.3, 0.4) is 0 Å². The van der Waals surface area contributed by atoms with Crippen molar-refractivity contribution in [2.75, 3.05) is 13.2 Å². The van der Waals surface area contributed by atoms with Gasteiger partial charge in [0.05, 0.1) is 25.2 Å². The van der Waals surface area contributed by atoms with Crippen LogP contribution in [-0.4, -0.2) is 24.6 Å². The first kappa shape index (κ1) is 9.78. The van der Waals surface area contributed by atoms with Gasteiger partial charge >= 0.3 is 0 Å². The number of benzene rings is 1. The molecule has 0 amide bonds. The van der Waals surface area contributed by atoms with Crippen LogP contribution in [0.15, 0.2) is 18.2 Å². The summed E-state index contributed by atoms with van der Waals surface area (Å²) in [6.45, 7) is 1.01. The van der Waals surface area contributed by atoms with Crippen molar-refractivity contribution >= 4 is 5.78 Å². The topological polar surface area (TPSA) is 35.5 Å².